The predicted octanol–water partition coefficient (Wildman–Crippen LogP) is 4.57. The van der Waals surface area contributed by atoms with Crippen LogP contribution in [-0.2, 0) is 0 Å². The van der Waals surface area contributed by atoms with E-state index in [9.17, 15) is 9.50 Å². The van der Waals surface area contributed by atoms with Crippen LogP contribution in [0.2, 0.25) is 0 Å². The Balaban J connectivity index is 0.00000231. The fourth-order valence-electron chi connectivity index (χ4n) is 4.54. The highest BCUT2D eigenvalue weighted by Gasteiger charge is 2.25. The molecule has 0 aromatic carbocycles. The van der Waals surface area contributed by atoms with E-state index in [0.717, 1.165) is 57.0 Å². The molecule has 2 aliphatic rings. The van der Waals surface area contributed by atoms with E-state index in [2.05, 4.69) is 30.2 Å². The summed E-state index contributed by atoms with van der Waals surface area (Å²) in [5.74, 6) is 0.843. The molecule has 31 heavy (non-hydrogen) atoms. The first-order valence-corrected chi connectivity index (χ1v) is 10.7. The Morgan fingerprint density at radius 3 is 2.55 bits per heavy atom. The second-order valence-electron chi connectivity index (χ2n) is 8.25. The highest BCUT2D eigenvalue weighted by molar-refractivity contribution is 5.76. The normalized spacial score (nSPS) is 21.7. The minimum Gasteiger partial charge on any atom is -0.393 e. The van der Waals surface area contributed by atoms with Crippen LogP contribution < -0.4 is 10.6 Å². The number of halogens is 1. The second-order valence-corrected chi connectivity index (χ2v) is 8.25. The van der Waals surface area contributed by atoms with Crippen molar-refractivity contribution in [1.82, 2.24) is 24.5 Å². The molecule has 0 bridgehead atoms. The van der Waals surface area contributed by atoms with Gasteiger partial charge in [-0.25, -0.2) is 19.3 Å². The van der Waals surface area contributed by atoms with E-state index in [1.807, 2.05) is 0 Å². The molecule has 0 aliphatic heterocycles. The molecule has 166 valence electrons. The molecule has 2 aliphatic carbocycles. The van der Waals surface area contributed by atoms with Crippen molar-refractivity contribution in [1.29, 1.82) is 0 Å². The van der Waals surface area contributed by atoms with E-state index >= 15 is 0 Å². The highest BCUT2D eigenvalue weighted by Crippen LogP contribution is 2.36. The summed E-state index contributed by atoms with van der Waals surface area (Å²) >= 11 is 0. The summed E-state index contributed by atoms with van der Waals surface area (Å²) in [6, 6.07) is 3.46. The molecule has 5 rings (SSSR count). The van der Waals surface area contributed by atoms with E-state index in [-0.39, 0.29) is 31.4 Å². The molecule has 0 saturated heterocycles. The fraction of sp³-hybridized carbons (Fsp3) is 0.545. The molecular formula is C22H30FN7O. The first kappa shape index (κ1) is 21.4. The Kier molecular flexibility index (Phi) is 6.31. The lowest BCUT2D eigenvalue weighted by atomic mass is 9.93. The molecule has 3 heterocycles. The van der Waals surface area contributed by atoms with Gasteiger partial charge in [0.25, 0.3) is 0 Å². The van der Waals surface area contributed by atoms with Gasteiger partial charge in [0, 0.05) is 18.3 Å². The van der Waals surface area contributed by atoms with Gasteiger partial charge in [-0.15, -0.1) is 0 Å². The smallest absolute Gasteiger partial charge is 0.224 e. The zero-order valence-electron chi connectivity index (χ0n) is 16.8. The van der Waals surface area contributed by atoms with Crippen molar-refractivity contribution in [2.45, 2.75) is 77.0 Å². The highest BCUT2D eigenvalue weighted by atomic mass is 19.1. The number of imidazole rings is 1. The Morgan fingerprint density at radius 1 is 1.03 bits per heavy atom. The number of hydrogen-bond acceptors (Lipinski definition) is 7. The largest absolute Gasteiger partial charge is 0.393 e. The maximum absolute atomic E-state index is 14.2. The van der Waals surface area contributed by atoms with E-state index in [1.165, 1.54) is 6.07 Å². The summed E-state index contributed by atoms with van der Waals surface area (Å²) < 4.78 is 16.3. The summed E-state index contributed by atoms with van der Waals surface area (Å²) in [5.41, 5.74) is 1.42. The Morgan fingerprint density at radius 2 is 1.81 bits per heavy atom. The molecular weight excluding hydrogens is 397 g/mol. The van der Waals surface area contributed by atoms with Gasteiger partial charge < -0.3 is 15.7 Å². The molecule has 2 fully saturated rings. The van der Waals surface area contributed by atoms with Crippen molar-refractivity contribution in [3.63, 3.8) is 0 Å². The van der Waals surface area contributed by atoms with Crippen molar-refractivity contribution >= 4 is 28.9 Å². The number of rotatable bonds is 5. The third kappa shape index (κ3) is 4.46. The van der Waals surface area contributed by atoms with E-state index in [4.69, 9.17) is 4.98 Å². The van der Waals surface area contributed by atoms with Gasteiger partial charge in [0.05, 0.1) is 12.3 Å². The Labute approximate surface area is 181 Å². The topological polar surface area (TPSA) is 101 Å². The van der Waals surface area contributed by atoms with E-state index in [1.54, 1.807) is 18.5 Å². The number of nitrogens with one attached hydrogen (secondary N) is 2. The van der Waals surface area contributed by atoms with Crippen LogP contribution in [0.1, 0.15) is 64.8 Å². The fourth-order valence-corrected chi connectivity index (χ4v) is 4.54. The molecule has 8 nitrogen and oxygen atoms in total. The van der Waals surface area contributed by atoms with Crippen LogP contribution >= 0.6 is 0 Å². The maximum atomic E-state index is 14.2. The van der Waals surface area contributed by atoms with Gasteiger partial charge in [-0.05, 0) is 50.7 Å². The monoisotopic (exact) mass is 427 g/mol. The van der Waals surface area contributed by atoms with Gasteiger partial charge in [-0.2, -0.15) is 4.98 Å². The lowest BCUT2D eigenvalue weighted by molar-refractivity contribution is 0.126. The van der Waals surface area contributed by atoms with Crippen LogP contribution in [-0.4, -0.2) is 41.8 Å². The van der Waals surface area contributed by atoms with Gasteiger partial charge in [-0.1, -0.05) is 20.3 Å². The number of aromatic nitrogens is 5. The zero-order valence-corrected chi connectivity index (χ0v) is 16.8. The molecule has 0 radical (unpaired) electrons. The summed E-state index contributed by atoms with van der Waals surface area (Å²) in [5, 5.41) is 16.2. The number of aliphatic hydroxyl groups excluding tert-OH is 1. The lowest BCUT2D eigenvalue weighted by Gasteiger charge is -2.26. The lowest BCUT2D eigenvalue weighted by Crippen LogP contribution is -2.29. The Bertz CT molecular complexity index is 1030. The van der Waals surface area contributed by atoms with Crippen LogP contribution in [0.4, 0.5) is 22.1 Å². The Hall–Kier alpha value is -2.81. The minimum absolute atomic E-state index is 0. The second kappa shape index (κ2) is 9.13. The van der Waals surface area contributed by atoms with Crippen molar-refractivity contribution in [3.8, 4) is 0 Å². The molecule has 3 N–H and O–H groups in total. The first-order chi connectivity index (χ1) is 14.7. The molecule has 3 aromatic heterocycles. The molecule has 3 aromatic rings. The molecule has 0 spiro atoms. The van der Waals surface area contributed by atoms with Gasteiger partial charge in [0.2, 0.25) is 11.9 Å². The molecule has 9 heteroatoms. The maximum Gasteiger partial charge on any atom is 0.224 e. The number of hydrogen-bond donors (Lipinski definition) is 3. The van der Waals surface area contributed by atoms with E-state index in [0.29, 0.717) is 17.4 Å². The van der Waals surface area contributed by atoms with Crippen LogP contribution in [0.25, 0.3) is 11.2 Å². The SMILES string of the molecule is C.OC1CCC(Nc2ncc3nc(Nc4ncccc4F)n(C4CCCC4)c3n2)CC1. The number of pyridine rings is 1. The van der Waals surface area contributed by atoms with Gasteiger partial charge in [0.15, 0.2) is 17.3 Å². The first-order valence-electron chi connectivity index (χ1n) is 10.7. The van der Waals surface area contributed by atoms with Crippen molar-refractivity contribution in [3.05, 3.63) is 30.3 Å². The molecule has 0 unspecified atom stereocenters. The van der Waals surface area contributed by atoms with Crippen molar-refractivity contribution < 1.29 is 9.50 Å². The quantitative estimate of drug-likeness (QED) is 0.548. The number of nitrogens with zero attached hydrogens (tertiary/aromatic N) is 5. The van der Waals surface area contributed by atoms with Crippen LogP contribution in [0.5, 0.6) is 0 Å². The summed E-state index contributed by atoms with van der Waals surface area (Å²) in [4.78, 5) is 18.0. The van der Waals surface area contributed by atoms with Gasteiger partial charge in [0.1, 0.15) is 5.52 Å². The van der Waals surface area contributed by atoms with E-state index < -0.39 is 5.82 Å². The van der Waals surface area contributed by atoms with Gasteiger partial charge in [-0.3, -0.25) is 4.57 Å². The van der Waals surface area contributed by atoms with Gasteiger partial charge >= 0.3 is 0 Å². The number of aliphatic hydroxyl groups is 1. The van der Waals surface area contributed by atoms with Crippen LogP contribution in [0, 0.1) is 5.82 Å². The standard InChI is InChI=1S/C21H26FN7O.CH4/c22-16-6-3-11-23-18(16)27-21-26-17-12-24-20(25-13-7-9-15(30)10-8-13)28-19(17)29(21)14-4-1-2-5-14;/h3,6,11-15,30H,1-2,4-5,7-10H2,(H,23,26,27)(H,24,25,28);1H4. The van der Waals surface area contributed by atoms with Crippen molar-refractivity contribution in [2.75, 3.05) is 10.6 Å². The average molecular weight is 428 g/mol. The average Bonchev–Trinajstić information content (AvgIpc) is 3.38. The number of fused-ring (bicyclic) bond motifs is 1. The van der Waals surface area contributed by atoms with Crippen LogP contribution in [0.15, 0.2) is 24.5 Å². The molecule has 0 amide bonds. The number of anilines is 3. The van der Waals surface area contributed by atoms with Crippen molar-refractivity contribution in [2.24, 2.45) is 0 Å². The van der Waals surface area contributed by atoms with Crippen LogP contribution in [0.3, 0.4) is 0 Å². The summed E-state index contributed by atoms with van der Waals surface area (Å²) in [6.07, 6.45) is 10.8. The third-order valence-corrected chi connectivity index (χ3v) is 6.14. The third-order valence-electron chi connectivity index (χ3n) is 6.14. The minimum atomic E-state index is -0.421. The summed E-state index contributed by atoms with van der Waals surface area (Å²) in [7, 11) is 0. The zero-order chi connectivity index (χ0) is 20.5. The summed E-state index contributed by atoms with van der Waals surface area (Å²) in [6.45, 7) is 0. The predicted molar refractivity (Wildman–Crippen MR) is 119 cm³/mol. The molecule has 2 saturated carbocycles. The molecule has 0 atom stereocenters.